The van der Waals surface area contributed by atoms with Crippen LogP contribution in [0.5, 0.6) is 0 Å². The summed E-state index contributed by atoms with van der Waals surface area (Å²) in [4.78, 5) is 4.72. The van der Waals surface area contributed by atoms with Crippen LogP contribution in [0.1, 0.15) is 18.9 Å². The fraction of sp³-hybridized carbons (Fsp3) is 0.316. The van der Waals surface area contributed by atoms with Gasteiger partial charge in [0.1, 0.15) is 6.17 Å². The lowest BCUT2D eigenvalue weighted by Gasteiger charge is -2.31. The van der Waals surface area contributed by atoms with Gasteiger partial charge in [0.25, 0.3) is 0 Å². The van der Waals surface area contributed by atoms with Crippen molar-refractivity contribution in [2.75, 3.05) is 22.9 Å². The Morgan fingerprint density at radius 3 is 2.23 bits per heavy atom. The van der Waals surface area contributed by atoms with E-state index < -0.39 is 0 Å². The fourth-order valence-corrected chi connectivity index (χ4v) is 3.29. The summed E-state index contributed by atoms with van der Waals surface area (Å²) in [7, 11) is 0. The minimum atomic E-state index is 0.149. The first kappa shape index (κ1) is 14.5. The third-order valence-electron chi connectivity index (χ3n) is 4.32. The van der Waals surface area contributed by atoms with Gasteiger partial charge >= 0.3 is 0 Å². The smallest absolute Gasteiger partial charge is 0.115 e. The zero-order valence-corrected chi connectivity index (χ0v) is 12.9. The predicted octanol–water partition coefficient (Wildman–Crippen LogP) is 3.82. The minimum absolute atomic E-state index is 0.149. The number of hydrogen-bond donors (Lipinski definition) is 0. The molecule has 0 spiro atoms. The van der Waals surface area contributed by atoms with E-state index in [2.05, 4.69) is 71.3 Å². The van der Waals surface area contributed by atoms with Crippen LogP contribution in [0, 0.1) is 11.3 Å². The van der Waals surface area contributed by atoms with Crippen molar-refractivity contribution in [2.24, 2.45) is 0 Å². The van der Waals surface area contributed by atoms with Gasteiger partial charge in [-0.15, -0.1) is 0 Å². The molecular formula is C19H21N3. The van der Waals surface area contributed by atoms with Gasteiger partial charge in [-0.2, -0.15) is 5.26 Å². The number of nitriles is 1. The lowest BCUT2D eigenvalue weighted by Crippen LogP contribution is -2.43. The summed E-state index contributed by atoms with van der Waals surface area (Å²) in [5.41, 5.74) is 3.84. The summed E-state index contributed by atoms with van der Waals surface area (Å²) in [5, 5.41) is 9.22. The molecule has 0 amide bonds. The fourth-order valence-electron chi connectivity index (χ4n) is 3.29. The Kier molecular flexibility index (Phi) is 4.29. The quantitative estimate of drug-likeness (QED) is 0.839. The monoisotopic (exact) mass is 291 g/mol. The van der Waals surface area contributed by atoms with Crippen molar-refractivity contribution in [2.45, 2.75) is 25.9 Å². The van der Waals surface area contributed by atoms with E-state index in [0.29, 0.717) is 6.42 Å². The molecule has 3 rings (SSSR count). The number of benzene rings is 2. The van der Waals surface area contributed by atoms with E-state index in [9.17, 15) is 5.26 Å². The Bertz CT molecular complexity index is 660. The Morgan fingerprint density at radius 1 is 0.955 bits per heavy atom. The molecule has 1 aliphatic heterocycles. The van der Waals surface area contributed by atoms with Crippen LogP contribution >= 0.6 is 0 Å². The maximum absolute atomic E-state index is 9.22. The molecule has 0 saturated heterocycles. The van der Waals surface area contributed by atoms with Crippen LogP contribution in [0.4, 0.5) is 11.4 Å². The lowest BCUT2D eigenvalue weighted by molar-refractivity contribution is 0.596. The van der Waals surface area contributed by atoms with Crippen molar-refractivity contribution in [3.8, 4) is 6.07 Å². The summed E-state index contributed by atoms with van der Waals surface area (Å²) in [5.74, 6) is 0. The van der Waals surface area contributed by atoms with Crippen molar-refractivity contribution < 1.29 is 0 Å². The highest BCUT2D eigenvalue weighted by Crippen LogP contribution is 2.40. The Hall–Kier alpha value is -2.47. The van der Waals surface area contributed by atoms with Crippen LogP contribution in [0.2, 0.25) is 0 Å². The second-order valence-corrected chi connectivity index (χ2v) is 5.55. The molecule has 112 valence electrons. The molecule has 22 heavy (non-hydrogen) atoms. The van der Waals surface area contributed by atoms with Crippen molar-refractivity contribution in [1.29, 1.82) is 5.26 Å². The van der Waals surface area contributed by atoms with Gasteiger partial charge in [0, 0.05) is 13.1 Å². The predicted molar refractivity (Wildman–Crippen MR) is 91.0 cm³/mol. The first-order valence-electron chi connectivity index (χ1n) is 7.88. The molecule has 0 fully saturated rings. The SMILES string of the molecule is CCN1c2ccccc2N(CCc2ccccc2)C1CC#N. The summed E-state index contributed by atoms with van der Waals surface area (Å²) < 4.78 is 0. The van der Waals surface area contributed by atoms with Crippen LogP contribution in [-0.2, 0) is 6.42 Å². The highest BCUT2D eigenvalue weighted by atomic mass is 15.4. The van der Waals surface area contributed by atoms with Gasteiger partial charge in [0.2, 0.25) is 0 Å². The highest BCUT2D eigenvalue weighted by molar-refractivity contribution is 5.77. The number of para-hydroxylation sites is 2. The third kappa shape index (κ3) is 2.65. The van der Waals surface area contributed by atoms with E-state index in [4.69, 9.17) is 0 Å². The number of hydrogen-bond acceptors (Lipinski definition) is 3. The molecular weight excluding hydrogens is 270 g/mol. The summed E-state index contributed by atoms with van der Waals surface area (Å²) >= 11 is 0. The first-order chi connectivity index (χ1) is 10.8. The van der Waals surface area contributed by atoms with Gasteiger partial charge in [-0.05, 0) is 31.0 Å². The van der Waals surface area contributed by atoms with Crippen molar-refractivity contribution in [1.82, 2.24) is 0 Å². The lowest BCUT2D eigenvalue weighted by atomic mass is 10.1. The molecule has 0 radical (unpaired) electrons. The van der Waals surface area contributed by atoms with Crippen molar-refractivity contribution in [3.63, 3.8) is 0 Å². The Balaban J connectivity index is 1.85. The third-order valence-corrected chi connectivity index (χ3v) is 4.32. The average Bonchev–Trinajstić information content (AvgIpc) is 2.87. The average molecular weight is 291 g/mol. The van der Waals surface area contributed by atoms with Crippen LogP contribution in [0.15, 0.2) is 54.6 Å². The maximum atomic E-state index is 9.22. The van der Waals surface area contributed by atoms with Gasteiger partial charge < -0.3 is 9.80 Å². The normalized spacial score (nSPS) is 16.5. The molecule has 0 aliphatic carbocycles. The standard InChI is InChI=1S/C19H21N3/c1-2-21-17-10-6-7-11-18(17)22(19(21)12-14-20)15-13-16-8-4-3-5-9-16/h3-11,19H,2,12-13,15H2,1H3. The van der Waals surface area contributed by atoms with Gasteiger partial charge in [-0.3, -0.25) is 0 Å². The zero-order chi connectivity index (χ0) is 15.4. The van der Waals surface area contributed by atoms with E-state index in [1.54, 1.807) is 0 Å². The van der Waals surface area contributed by atoms with Crippen LogP contribution in [0.25, 0.3) is 0 Å². The molecule has 0 bridgehead atoms. The molecule has 3 heteroatoms. The van der Waals surface area contributed by atoms with E-state index in [1.807, 2.05) is 6.07 Å². The van der Waals surface area contributed by atoms with Crippen molar-refractivity contribution in [3.05, 3.63) is 60.2 Å². The summed E-state index contributed by atoms with van der Waals surface area (Å²) in [6, 6.07) is 21.4. The van der Waals surface area contributed by atoms with Gasteiger partial charge in [-0.25, -0.2) is 0 Å². The molecule has 1 aliphatic rings. The molecule has 2 aromatic rings. The topological polar surface area (TPSA) is 30.3 Å². The molecule has 0 N–H and O–H groups in total. The number of anilines is 2. The second kappa shape index (κ2) is 6.53. The van der Waals surface area contributed by atoms with E-state index in [1.165, 1.54) is 16.9 Å². The van der Waals surface area contributed by atoms with Gasteiger partial charge in [-0.1, -0.05) is 42.5 Å². The van der Waals surface area contributed by atoms with Gasteiger partial charge in [0.05, 0.1) is 23.9 Å². The van der Waals surface area contributed by atoms with Gasteiger partial charge in [0.15, 0.2) is 0 Å². The number of fused-ring (bicyclic) bond motifs is 1. The van der Waals surface area contributed by atoms with Crippen LogP contribution in [-0.4, -0.2) is 19.3 Å². The molecule has 2 aromatic carbocycles. The highest BCUT2D eigenvalue weighted by Gasteiger charge is 2.33. The minimum Gasteiger partial charge on any atom is -0.349 e. The molecule has 1 unspecified atom stereocenters. The molecule has 1 atom stereocenters. The zero-order valence-electron chi connectivity index (χ0n) is 12.9. The number of nitrogens with zero attached hydrogens (tertiary/aromatic N) is 3. The molecule has 0 saturated carbocycles. The second-order valence-electron chi connectivity index (χ2n) is 5.55. The molecule has 3 nitrogen and oxygen atoms in total. The first-order valence-corrected chi connectivity index (χ1v) is 7.88. The Morgan fingerprint density at radius 2 is 1.59 bits per heavy atom. The van der Waals surface area contributed by atoms with Crippen molar-refractivity contribution >= 4 is 11.4 Å². The summed E-state index contributed by atoms with van der Waals surface area (Å²) in [6.45, 7) is 4.01. The molecule has 1 heterocycles. The van der Waals surface area contributed by atoms with E-state index in [0.717, 1.165) is 19.5 Å². The molecule has 0 aromatic heterocycles. The van der Waals surface area contributed by atoms with E-state index >= 15 is 0 Å². The summed E-state index contributed by atoms with van der Waals surface area (Å²) in [6.07, 6.45) is 1.67. The maximum Gasteiger partial charge on any atom is 0.115 e. The van der Waals surface area contributed by atoms with Crippen LogP contribution < -0.4 is 9.80 Å². The largest absolute Gasteiger partial charge is 0.349 e. The van der Waals surface area contributed by atoms with E-state index in [-0.39, 0.29) is 6.17 Å². The van der Waals surface area contributed by atoms with Crippen LogP contribution in [0.3, 0.4) is 0 Å². The Labute approximate surface area is 132 Å². The number of rotatable bonds is 5.